The van der Waals surface area contributed by atoms with Gasteiger partial charge in [0.2, 0.25) is 0 Å². The number of rotatable bonds is 4. The lowest BCUT2D eigenvalue weighted by Crippen LogP contribution is -2.55. The molecule has 0 atom stereocenters. The Hall–Kier alpha value is -2.44. The van der Waals surface area contributed by atoms with Crippen LogP contribution in [0.5, 0.6) is 11.5 Å². The molecule has 0 aromatic heterocycles. The van der Waals surface area contributed by atoms with E-state index in [0.29, 0.717) is 5.69 Å². The minimum Gasteiger partial charge on any atom is -0.460 e. The van der Waals surface area contributed by atoms with E-state index in [4.69, 9.17) is 24.7 Å². The molecule has 2 rings (SSSR count). The van der Waals surface area contributed by atoms with Crippen molar-refractivity contribution in [3.8, 4) is 11.5 Å². The monoisotopic (exact) mass is 281 g/mol. The van der Waals surface area contributed by atoms with Crippen LogP contribution in [0.15, 0.2) is 18.2 Å². The number of nitrogen functional groups attached to an aromatic ring is 1. The molecule has 0 aliphatic carbocycles. The summed E-state index contributed by atoms with van der Waals surface area (Å²) in [6, 6.07) is 4.52. The Morgan fingerprint density at radius 3 is 2.20 bits per heavy atom. The van der Waals surface area contributed by atoms with Crippen LogP contribution in [0.2, 0.25) is 0 Å². The Balaban J connectivity index is 2.37. The molecule has 1 heterocycles. The summed E-state index contributed by atoms with van der Waals surface area (Å²) in [4.78, 5) is 24.1. The third kappa shape index (κ3) is 2.22. The Labute approximate surface area is 115 Å². The van der Waals surface area contributed by atoms with E-state index in [1.54, 1.807) is 19.9 Å². The average Bonchev–Trinajstić information content (AvgIpc) is 2.79. The number of fused-ring (bicyclic) bond motifs is 1. The van der Waals surface area contributed by atoms with Crippen molar-refractivity contribution in [1.82, 2.24) is 0 Å². The maximum Gasteiger partial charge on any atom is 0.453 e. The van der Waals surface area contributed by atoms with Crippen LogP contribution in [0.3, 0.4) is 0 Å². The average molecular weight is 281 g/mol. The van der Waals surface area contributed by atoms with Crippen molar-refractivity contribution >= 4 is 17.6 Å². The summed E-state index contributed by atoms with van der Waals surface area (Å²) in [6.45, 7) is 3.37. The fraction of sp³-hybridized carbons (Fsp3) is 0.385. The summed E-state index contributed by atoms with van der Waals surface area (Å²) in [7, 11) is 0. The highest BCUT2D eigenvalue weighted by Crippen LogP contribution is 2.41. The molecule has 0 unspecified atom stereocenters. The van der Waals surface area contributed by atoms with Crippen molar-refractivity contribution in [2.75, 3.05) is 18.9 Å². The number of benzene rings is 1. The molecule has 0 fully saturated rings. The standard InChI is InChI=1S/C13H15NO6/c1-3-17-11(15)13(12(16)18-4-2)19-9-6-5-8(14)7-10(9)20-13/h5-7H,3-4,14H2,1-2H3. The van der Waals surface area contributed by atoms with Crippen molar-refractivity contribution < 1.29 is 28.5 Å². The number of esters is 2. The summed E-state index contributed by atoms with van der Waals surface area (Å²) in [5.74, 6) is -3.78. The normalized spacial score (nSPS) is 14.7. The molecular formula is C13H15NO6. The number of ether oxygens (including phenoxy) is 4. The van der Waals surface area contributed by atoms with Crippen LogP contribution in [0, 0.1) is 0 Å². The SMILES string of the molecule is CCOC(=O)C1(C(=O)OCC)Oc2ccc(N)cc2O1. The van der Waals surface area contributed by atoms with Gasteiger partial charge in [-0.2, -0.15) is 0 Å². The Kier molecular flexibility index (Phi) is 3.69. The molecule has 7 nitrogen and oxygen atoms in total. The van der Waals surface area contributed by atoms with Crippen molar-refractivity contribution in [3.63, 3.8) is 0 Å². The second-order valence-corrected chi connectivity index (χ2v) is 3.97. The molecule has 1 aromatic rings. The molecule has 0 spiro atoms. The second kappa shape index (κ2) is 5.28. The zero-order chi connectivity index (χ0) is 14.8. The number of hydrogen-bond acceptors (Lipinski definition) is 7. The molecule has 1 aliphatic heterocycles. The second-order valence-electron chi connectivity index (χ2n) is 3.97. The Morgan fingerprint density at radius 2 is 1.65 bits per heavy atom. The van der Waals surface area contributed by atoms with E-state index in [1.807, 2.05) is 0 Å². The first-order chi connectivity index (χ1) is 9.53. The zero-order valence-electron chi connectivity index (χ0n) is 11.2. The molecule has 0 radical (unpaired) electrons. The first-order valence-electron chi connectivity index (χ1n) is 6.15. The van der Waals surface area contributed by atoms with E-state index in [0.717, 1.165) is 0 Å². The van der Waals surface area contributed by atoms with Crippen LogP contribution in [-0.2, 0) is 19.1 Å². The number of carbonyl (C=O) groups excluding carboxylic acids is 2. The molecule has 0 saturated carbocycles. The van der Waals surface area contributed by atoms with Crippen LogP contribution in [0.25, 0.3) is 0 Å². The predicted octanol–water partition coefficient (Wildman–Crippen LogP) is 0.862. The van der Waals surface area contributed by atoms with Crippen LogP contribution in [0.4, 0.5) is 5.69 Å². The molecule has 20 heavy (non-hydrogen) atoms. The molecule has 108 valence electrons. The van der Waals surface area contributed by atoms with E-state index in [1.165, 1.54) is 12.1 Å². The van der Waals surface area contributed by atoms with Crippen molar-refractivity contribution in [2.24, 2.45) is 0 Å². The van der Waals surface area contributed by atoms with E-state index in [2.05, 4.69) is 0 Å². The highest BCUT2D eigenvalue weighted by atomic mass is 16.8. The predicted molar refractivity (Wildman–Crippen MR) is 68.1 cm³/mol. The molecule has 1 aliphatic rings. The number of carbonyl (C=O) groups is 2. The van der Waals surface area contributed by atoms with Gasteiger partial charge in [0.25, 0.3) is 0 Å². The van der Waals surface area contributed by atoms with E-state index in [-0.39, 0.29) is 24.7 Å². The molecule has 0 saturated heterocycles. The number of nitrogens with two attached hydrogens (primary N) is 1. The third-order valence-electron chi connectivity index (χ3n) is 2.56. The fourth-order valence-corrected chi connectivity index (χ4v) is 1.72. The van der Waals surface area contributed by atoms with Gasteiger partial charge in [0.05, 0.1) is 13.2 Å². The van der Waals surface area contributed by atoms with Gasteiger partial charge in [0.1, 0.15) is 0 Å². The summed E-state index contributed by atoms with van der Waals surface area (Å²) >= 11 is 0. The smallest absolute Gasteiger partial charge is 0.453 e. The largest absolute Gasteiger partial charge is 0.460 e. The Morgan fingerprint density at radius 1 is 1.10 bits per heavy atom. The maximum atomic E-state index is 12.0. The lowest BCUT2D eigenvalue weighted by Gasteiger charge is -2.22. The first-order valence-corrected chi connectivity index (χ1v) is 6.15. The summed E-state index contributed by atoms with van der Waals surface area (Å²) in [5, 5.41) is 0. The molecule has 2 N–H and O–H groups in total. The molecule has 1 aromatic carbocycles. The zero-order valence-corrected chi connectivity index (χ0v) is 11.2. The number of anilines is 1. The van der Waals surface area contributed by atoms with Gasteiger partial charge in [-0.1, -0.05) is 0 Å². The van der Waals surface area contributed by atoms with Gasteiger partial charge in [-0.15, -0.1) is 0 Å². The van der Waals surface area contributed by atoms with E-state index >= 15 is 0 Å². The maximum absolute atomic E-state index is 12.0. The van der Waals surface area contributed by atoms with Gasteiger partial charge < -0.3 is 24.7 Å². The molecular weight excluding hydrogens is 266 g/mol. The highest BCUT2D eigenvalue weighted by molar-refractivity contribution is 6.03. The quantitative estimate of drug-likeness (QED) is 0.496. The van der Waals surface area contributed by atoms with Gasteiger partial charge in [0.15, 0.2) is 11.5 Å². The van der Waals surface area contributed by atoms with E-state index in [9.17, 15) is 9.59 Å². The van der Waals surface area contributed by atoms with Gasteiger partial charge in [0, 0.05) is 11.8 Å². The van der Waals surface area contributed by atoms with Crippen molar-refractivity contribution in [1.29, 1.82) is 0 Å². The van der Waals surface area contributed by atoms with Crippen LogP contribution >= 0.6 is 0 Å². The molecule has 0 bridgehead atoms. The van der Waals surface area contributed by atoms with Gasteiger partial charge in [-0.3, -0.25) is 0 Å². The minimum atomic E-state index is -2.26. The Bertz CT molecular complexity index is 524. The number of hydrogen-bond donors (Lipinski definition) is 1. The third-order valence-corrected chi connectivity index (χ3v) is 2.56. The topological polar surface area (TPSA) is 97.1 Å². The lowest BCUT2D eigenvalue weighted by atomic mass is 10.3. The van der Waals surface area contributed by atoms with Gasteiger partial charge in [-0.05, 0) is 26.0 Å². The van der Waals surface area contributed by atoms with E-state index < -0.39 is 17.7 Å². The summed E-state index contributed by atoms with van der Waals surface area (Å²) < 4.78 is 20.4. The van der Waals surface area contributed by atoms with Crippen LogP contribution < -0.4 is 15.2 Å². The highest BCUT2D eigenvalue weighted by Gasteiger charge is 2.59. The first kappa shape index (κ1) is 14.0. The van der Waals surface area contributed by atoms with Crippen LogP contribution in [0.1, 0.15) is 13.8 Å². The van der Waals surface area contributed by atoms with Gasteiger partial charge >= 0.3 is 17.7 Å². The molecule has 7 heteroatoms. The van der Waals surface area contributed by atoms with Crippen molar-refractivity contribution in [3.05, 3.63) is 18.2 Å². The van der Waals surface area contributed by atoms with Crippen LogP contribution in [-0.4, -0.2) is 30.9 Å². The fourth-order valence-electron chi connectivity index (χ4n) is 1.72. The minimum absolute atomic E-state index is 0.0746. The lowest BCUT2D eigenvalue weighted by molar-refractivity contribution is -0.202. The molecule has 0 amide bonds. The summed E-state index contributed by atoms with van der Waals surface area (Å²) in [5.41, 5.74) is 6.03. The summed E-state index contributed by atoms with van der Waals surface area (Å²) in [6.07, 6.45) is 0. The van der Waals surface area contributed by atoms with Crippen molar-refractivity contribution in [2.45, 2.75) is 19.6 Å². The van der Waals surface area contributed by atoms with Gasteiger partial charge in [-0.25, -0.2) is 9.59 Å².